The van der Waals surface area contributed by atoms with Gasteiger partial charge >= 0.3 is 0 Å². The lowest BCUT2D eigenvalue weighted by Gasteiger charge is -2.42. The van der Waals surface area contributed by atoms with E-state index in [9.17, 15) is 0 Å². The maximum absolute atomic E-state index is 5.61. The van der Waals surface area contributed by atoms with Crippen LogP contribution in [0.1, 0.15) is 20.8 Å². The summed E-state index contributed by atoms with van der Waals surface area (Å²) >= 11 is 0. The van der Waals surface area contributed by atoms with Crippen LogP contribution in [0.15, 0.2) is 0 Å². The summed E-state index contributed by atoms with van der Waals surface area (Å²) in [4.78, 5) is 2.34. The van der Waals surface area contributed by atoms with Gasteiger partial charge in [0, 0.05) is 12.6 Å². The highest BCUT2D eigenvalue weighted by Gasteiger charge is 2.32. The summed E-state index contributed by atoms with van der Waals surface area (Å²) in [6.45, 7) is 8.43. The molecule has 0 saturated carbocycles. The van der Waals surface area contributed by atoms with E-state index in [1.807, 2.05) is 0 Å². The molecule has 1 aliphatic rings. The van der Waals surface area contributed by atoms with Crippen LogP contribution in [0.5, 0.6) is 0 Å². The first-order chi connectivity index (χ1) is 4.54. The predicted molar refractivity (Wildman–Crippen MR) is 42.1 cm³/mol. The summed E-state index contributed by atoms with van der Waals surface area (Å²) in [5.74, 6) is 0. The average molecular weight is 143 g/mol. The number of nitrogens with zero attached hydrogens (tertiary/aromatic N) is 1. The number of rotatable bonds is 0. The molecule has 10 heavy (non-hydrogen) atoms. The molecule has 1 saturated heterocycles. The second-order valence-corrected chi connectivity index (χ2v) is 3.61. The van der Waals surface area contributed by atoms with Crippen molar-refractivity contribution < 1.29 is 4.74 Å². The number of hydrogen-bond donors (Lipinski definition) is 0. The Balaban J connectivity index is 2.60. The van der Waals surface area contributed by atoms with Gasteiger partial charge in [-0.2, -0.15) is 0 Å². The van der Waals surface area contributed by atoms with Crippen molar-refractivity contribution in [1.29, 1.82) is 0 Å². The van der Waals surface area contributed by atoms with Crippen LogP contribution in [0.2, 0.25) is 0 Å². The van der Waals surface area contributed by atoms with E-state index in [4.69, 9.17) is 4.74 Å². The van der Waals surface area contributed by atoms with Crippen LogP contribution in [0, 0.1) is 0 Å². The number of morpholine rings is 1. The molecule has 1 fully saturated rings. The zero-order valence-corrected chi connectivity index (χ0v) is 7.35. The van der Waals surface area contributed by atoms with Crippen molar-refractivity contribution in [2.75, 3.05) is 20.2 Å². The molecule has 0 amide bonds. The topological polar surface area (TPSA) is 12.5 Å². The molecule has 2 heteroatoms. The maximum atomic E-state index is 5.61. The standard InChI is InChI=1S/C8H17NO/c1-7-8(2,3)10-6-5-9(7)4/h7H,5-6H2,1-4H3. The van der Waals surface area contributed by atoms with Gasteiger partial charge in [-0.05, 0) is 27.8 Å². The second-order valence-electron chi connectivity index (χ2n) is 3.61. The first-order valence-corrected chi connectivity index (χ1v) is 3.88. The van der Waals surface area contributed by atoms with E-state index in [0.717, 1.165) is 13.2 Å². The van der Waals surface area contributed by atoms with Crippen molar-refractivity contribution in [2.24, 2.45) is 0 Å². The SMILES string of the molecule is CC1N(C)CCOC1(C)C. The minimum absolute atomic E-state index is 0.0347. The first-order valence-electron chi connectivity index (χ1n) is 3.88. The highest BCUT2D eigenvalue weighted by atomic mass is 16.5. The quantitative estimate of drug-likeness (QED) is 0.504. The van der Waals surface area contributed by atoms with E-state index < -0.39 is 0 Å². The van der Waals surface area contributed by atoms with Crippen LogP contribution in [0.3, 0.4) is 0 Å². The molecule has 0 radical (unpaired) electrons. The summed E-state index contributed by atoms with van der Waals surface area (Å²) in [5, 5.41) is 0. The molecule has 0 aromatic carbocycles. The van der Waals surface area contributed by atoms with Crippen LogP contribution in [-0.2, 0) is 4.74 Å². The van der Waals surface area contributed by atoms with Gasteiger partial charge in [0.2, 0.25) is 0 Å². The zero-order chi connectivity index (χ0) is 7.78. The Hall–Kier alpha value is -0.0800. The van der Waals surface area contributed by atoms with Gasteiger partial charge in [-0.3, -0.25) is 4.90 Å². The van der Waals surface area contributed by atoms with Gasteiger partial charge in [-0.15, -0.1) is 0 Å². The van der Waals surface area contributed by atoms with Crippen molar-refractivity contribution >= 4 is 0 Å². The van der Waals surface area contributed by atoms with Gasteiger partial charge in [0.25, 0.3) is 0 Å². The molecule has 1 aliphatic heterocycles. The molecule has 1 atom stereocenters. The minimum atomic E-state index is 0.0347. The van der Waals surface area contributed by atoms with Crippen LogP contribution >= 0.6 is 0 Å². The van der Waals surface area contributed by atoms with E-state index in [1.54, 1.807) is 0 Å². The summed E-state index contributed by atoms with van der Waals surface area (Å²) in [6, 6.07) is 0.529. The summed E-state index contributed by atoms with van der Waals surface area (Å²) in [5.41, 5.74) is 0.0347. The van der Waals surface area contributed by atoms with Crippen molar-refractivity contribution in [3.8, 4) is 0 Å². The molecule has 1 rings (SSSR count). The molecule has 2 nitrogen and oxygen atoms in total. The third-order valence-electron chi connectivity index (χ3n) is 2.59. The molecule has 0 spiro atoms. The third-order valence-corrected chi connectivity index (χ3v) is 2.59. The van der Waals surface area contributed by atoms with Crippen LogP contribution in [-0.4, -0.2) is 36.7 Å². The normalized spacial score (nSPS) is 34.2. The molecule has 0 N–H and O–H groups in total. The lowest BCUT2D eigenvalue weighted by molar-refractivity contribution is -0.113. The first kappa shape index (κ1) is 8.02. The summed E-state index contributed by atoms with van der Waals surface area (Å²) < 4.78 is 5.61. The van der Waals surface area contributed by atoms with Crippen molar-refractivity contribution in [1.82, 2.24) is 4.90 Å². The van der Waals surface area contributed by atoms with Crippen molar-refractivity contribution in [3.63, 3.8) is 0 Å². The van der Waals surface area contributed by atoms with Crippen molar-refractivity contribution in [3.05, 3.63) is 0 Å². The van der Waals surface area contributed by atoms with Crippen LogP contribution < -0.4 is 0 Å². The van der Waals surface area contributed by atoms with E-state index in [1.165, 1.54) is 0 Å². The Morgan fingerprint density at radius 1 is 1.50 bits per heavy atom. The maximum Gasteiger partial charge on any atom is 0.0778 e. The van der Waals surface area contributed by atoms with Crippen LogP contribution in [0.4, 0.5) is 0 Å². The van der Waals surface area contributed by atoms with Crippen molar-refractivity contribution in [2.45, 2.75) is 32.4 Å². The highest BCUT2D eigenvalue weighted by Crippen LogP contribution is 2.22. The molecule has 0 aliphatic carbocycles. The molecule has 0 aromatic heterocycles. The van der Waals surface area contributed by atoms with Gasteiger partial charge in [-0.1, -0.05) is 0 Å². The number of ether oxygens (including phenoxy) is 1. The Morgan fingerprint density at radius 2 is 2.10 bits per heavy atom. The smallest absolute Gasteiger partial charge is 0.0778 e. The molecule has 1 heterocycles. The molecule has 0 bridgehead atoms. The molecule has 60 valence electrons. The zero-order valence-electron chi connectivity index (χ0n) is 7.35. The Labute approximate surface area is 63.2 Å². The molecular formula is C8H17NO. The summed E-state index contributed by atoms with van der Waals surface area (Å²) in [7, 11) is 2.15. The van der Waals surface area contributed by atoms with Gasteiger partial charge in [-0.25, -0.2) is 0 Å². The van der Waals surface area contributed by atoms with E-state index in [-0.39, 0.29) is 5.60 Å². The molecule has 0 aromatic rings. The molecule has 1 unspecified atom stereocenters. The van der Waals surface area contributed by atoms with E-state index in [2.05, 4.69) is 32.7 Å². The van der Waals surface area contributed by atoms with E-state index in [0.29, 0.717) is 6.04 Å². The summed E-state index contributed by atoms with van der Waals surface area (Å²) in [6.07, 6.45) is 0. The largest absolute Gasteiger partial charge is 0.373 e. The molecular weight excluding hydrogens is 126 g/mol. The average Bonchev–Trinajstić information content (AvgIpc) is 1.83. The lowest BCUT2D eigenvalue weighted by atomic mass is 9.97. The monoisotopic (exact) mass is 143 g/mol. The second kappa shape index (κ2) is 2.51. The number of likely N-dealkylation sites (N-methyl/N-ethyl adjacent to an activating group) is 1. The fourth-order valence-corrected chi connectivity index (χ4v) is 1.30. The minimum Gasteiger partial charge on any atom is -0.373 e. The third kappa shape index (κ3) is 1.32. The highest BCUT2D eigenvalue weighted by molar-refractivity contribution is 4.86. The Bertz CT molecular complexity index is 122. The van der Waals surface area contributed by atoms with E-state index >= 15 is 0 Å². The fraction of sp³-hybridized carbons (Fsp3) is 1.00. The number of hydrogen-bond acceptors (Lipinski definition) is 2. The van der Waals surface area contributed by atoms with Gasteiger partial charge in [0.1, 0.15) is 0 Å². The van der Waals surface area contributed by atoms with Gasteiger partial charge in [0.15, 0.2) is 0 Å². The van der Waals surface area contributed by atoms with Crippen LogP contribution in [0.25, 0.3) is 0 Å². The fourth-order valence-electron chi connectivity index (χ4n) is 1.30. The Morgan fingerprint density at radius 3 is 2.50 bits per heavy atom. The predicted octanol–water partition coefficient (Wildman–Crippen LogP) is 1.12. The Kier molecular flexibility index (Phi) is 2.02. The lowest BCUT2D eigenvalue weighted by Crippen LogP contribution is -2.53. The van der Waals surface area contributed by atoms with Gasteiger partial charge < -0.3 is 4.74 Å². The van der Waals surface area contributed by atoms with Gasteiger partial charge in [0.05, 0.1) is 12.2 Å².